The fourth-order valence-corrected chi connectivity index (χ4v) is 2.47. The smallest absolute Gasteiger partial charge is 0.255 e. The van der Waals surface area contributed by atoms with Gasteiger partial charge in [-0.15, -0.1) is 0 Å². The van der Waals surface area contributed by atoms with E-state index in [1.165, 1.54) is 12.3 Å². The highest BCUT2D eigenvalue weighted by Crippen LogP contribution is 2.32. The van der Waals surface area contributed by atoms with Crippen molar-refractivity contribution in [2.24, 2.45) is 0 Å². The van der Waals surface area contributed by atoms with Crippen molar-refractivity contribution >= 4 is 46.4 Å². The lowest BCUT2D eigenvalue weighted by Crippen LogP contribution is -2.14. The van der Waals surface area contributed by atoms with Crippen molar-refractivity contribution in [3.8, 4) is 11.3 Å². The molecule has 0 unspecified atom stereocenters. The van der Waals surface area contributed by atoms with E-state index in [1.54, 1.807) is 36.5 Å². The van der Waals surface area contributed by atoms with Gasteiger partial charge in [-0.2, -0.15) is 5.06 Å². The van der Waals surface area contributed by atoms with E-state index in [2.05, 4.69) is 15.0 Å². The quantitative estimate of drug-likeness (QED) is 0.520. The van der Waals surface area contributed by atoms with Gasteiger partial charge in [0.05, 0.1) is 16.4 Å². The van der Waals surface area contributed by atoms with Gasteiger partial charge >= 0.3 is 0 Å². The molecule has 8 heteroatoms. The van der Waals surface area contributed by atoms with Crippen molar-refractivity contribution in [1.82, 2.24) is 15.0 Å². The van der Waals surface area contributed by atoms with E-state index in [4.69, 9.17) is 34.8 Å². The molecule has 0 radical (unpaired) electrons. The minimum Gasteiger partial charge on any atom is -0.281 e. The lowest BCUT2D eigenvalue weighted by Gasteiger charge is -2.17. The molecule has 3 rings (SSSR count). The molecule has 0 aliphatic carbocycles. The van der Waals surface area contributed by atoms with Crippen LogP contribution in [0.1, 0.15) is 0 Å². The maximum atomic E-state index is 10.3. The van der Waals surface area contributed by atoms with Gasteiger partial charge in [0.1, 0.15) is 5.15 Å². The van der Waals surface area contributed by atoms with Crippen LogP contribution in [-0.4, -0.2) is 20.2 Å². The highest BCUT2D eigenvalue weighted by atomic mass is 35.5. The first-order valence-electron chi connectivity index (χ1n) is 6.43. The maximum absolute atomic E-state index is 10.3. The number of hydrogen-bond acceptors (Lipinski definition) is 5. The fraction of sp³-hybridized carbons (Fsp3) is 0. The average Bonchev–Trinajstić information content (AvgIpc) is 2.56. The monoisotopic (exact) mass is 366 g/mol. The van der Waals surface area contributed by atoms with Crippen LogP contribution in [0.2, 0.25) is 15.2 Å². The second kappa shape index (κ2) is 6.68. The minimum atomic E-state index is 0.0552. The summed E-state index contributed by atoms with van der Waals surface area (Å²) in [5.41, 5.74) is 1.61. The largest absolute Gasteiger partial charge is 0.281 e. The molecule has 1 aromatic carbocycles. The summed E-state index contributed by atoms with van der Waals surface area (Å²) in [5.74, 6) is 0.0552. The number of aromatic nitrogens is 3. The van der Waals surface area contributed by atoms with Crippen molar-refractivity contribution in [2.45, 2.75) is 0 Å². The highest BCUT2D eigenvalue weighted by molar-refractivity contribution is 6.35. The van der Waals surface area contributed by atoms with Crippen LogP contribution in [-0.2, 0) is 0 Å². The van der Waals surface area contributed by atoms with Crippen LogP contribution < -0.4 is 5.06 Å². The van der Waals surface area contributed by atoms with E-state index in [0.717, 1.165) is 10.6 Å². The molecule has 5 nitrogen and oxygen atoms in total. The fourth-order valence-electron chi connectivity index (χ4n) is 1.93. The topological polar surface area (TPSA) is 62.1 Å². The average molecular weight is 368 g/mol. The molecule has 23 heavy (non-hydrogen) atoms. The number of nitrogens with zero attached hydrogens (tertiary/aromatic N) is 4. The van der Waals surface area contributed by atoms with Crippen LogP contribution in [0, 0.1) is 0 Å². The maximum Gasteiger partial charge on any atom is 0.255 e. The van der Waals surface area contributed by atoms with E-state index < -0.39 is 0 Å². The van der Waals surface area contributed by atoms with Crippen LogP contribution >= 0.6 is 34.8 Å². The second-order valence-corrected chi connectivity index (χ2v) is 5.75. The molecule has 0 aliphatic heterocycles. The number of anilines is 2. The zero-order chi connectivity index (χ0) is 16.4. The van der Waals surface area contributed by atoms with E-state index in [9.17, 15) is 5.21 Å². The number of rotatable bonds is 3. The van der Waals surface area contributed by atoms with E-state index in [0.29, 0.717) is 20.9 Å². The summed E-state index contributed by atoms with van der Waals surface area (Å²) in [6.07, 6.45) is 3.09. The molecular formula is C15H9Cl3N4O. The van der Waals surface area contributed by atoms with Gasteiger partial charge in [-0.1, -0.05) is 34.8 Å². The molecule has 0 aliphatic rings. The standard InChI is InChI=1S/C15H9Cl3N4O/c16-10-1-2-11(17)13(8-10)22(23)15-20-6-4-12(21-15)9-3-5-19-14(18)7-9/h1-8,23H. The van der Waals surface area contributed by atoms with Crippen molar-refractivity contribution in [1.29, 1.82) is 0 Å². The summed E-state index contributed by atoms with van der Waals surface area (Å²) in [5, 5.41) is 12.2. The zero-order valence-corrected chi connectivity index (χ0v) is 13.8. The molecule has 2 aromatic heterocycles. The third-order valence-corrected chi connectivity index (χ3v) is 3.75. The molecule has 0 saturated carbocycles. The first-order valence-corrected chi connectivity index (χ1v) is 7.57. The Labute approximate surface area is 147 Å². The molecule has 0 bridgehead atoms. The molecule has 3 aromatic rings. The van der Waals surface area contributed by atoms with Gasteiger partial charge in [-0.25, -0.2) is 15.0 Å². The SMILES string of the molecule is ON(c1nccc(-c2ccnc(Cl)c2)n1)c1cc(Cl)ccc1Cl. The molecule has 0 saturated heterocycles. The number of benzene rings is 1. The molecule has 1 N–H and O–H groups in total. The van der Waals surface area contributed by atoms with Crippen molar-refractivity contribution in [2.75, 3.05) is 5.06 Å². The Morgan fingerprint density at radius 2 is 1.70 bits per heavy atom. The normalized spacial score (nSPS) is 10.6. The predicted molar refractivity (Wildman–Crippen MR) is 90.7 cm³/mol. The van der Waals surface area contributed by atoms with E-state index in [-0.39, 0.29) is 11.6 Å². The van der Waals surface area contributed by atoms with Crippen molar-refractivity contribution in [3.05, 3.63) is 64.0 Å². The Hall–Kier alpha value is -1.92. The number of halogens is 3. The molecular weight excluding hydrogens is 359 g/mol. The van der Waals surface area contributed by atoms with Crippen LogP contribution in [0.5, 0.6) is 0 Å². The summed E-state index contributed by atoms with van der Waals surface area (Å²) in [7, 11) is 0. The van der Waals surface area contributed by atoms with Gasteiger partial charge in [0.25, 0.3) is 5.95 Å². The summed E-state index contributed by atoms with van der Waals surface area (Å²) in [6, 6.07) is 9.84. The molecule has 0 atom stereocenters. The van der Waals surface area contributed by atoms with Crippen LogP contribution in [0.15, 0.2) is 48.8 Å². The predicted octanol–water partition coefficient (Wildman–Crippen LogP) is 5.03. The second-order valence-electron chi connectivity index (χ2n) is 4.52. The van der Waals surface area contributed by atoms with Crippen molar-refractivity contribution < 1.29 is 5.21 Å². The summed E-state index contributed by atoms with van der Waals surface area (Å²) in [6.45, 7) is 0. The van der Waals surface area contributed by atoms with Gasteiger partial charge in [0.2, 0.25) is 0 Å². The van der Waals surface area contributed by atoms with Crippen LogP contribution in [0.3, 0.4) is 0 Å². The Balaban J connectivity index is 2.01. The third-order valence-electron chi connectivity index (χ3n) is 2.99. The Morgan fingerprint density at radius 3 is 2.48 bits per heavy atom. The minimum absolute atomic E-state index is 0.0552. The van der Waals surface area contributed by atoms with Crippen molar-refractivity contribution in [3.63, 3.8) is 0 Å². The molecule has 0 spiro atoms. The Bertz CT molecular complexity index is 860. The first-order chi connectivity index (χ1) is 11.0. The van der Waals surface area contributed by atoms with Gasteiger partial charge in [0, 0.05) is 23.0 Å². The molecule has 0 fully saturated rings. The van der Waals surface area contributed by atoms with Gasteiger partial charge in [-0.05, 0) is 36.4 Å². The summed E-state index contributed by atoms with van der Waals surface area (Å²) < 4.78 is 0. The van der Waals surface area contributed by atoms with Gasteiger partial charge < -0.3 is 0 Å². The Morgan fingerprint density at radius 1 is 0.913 bits per heavy atom. The molecule has 116 valence electrons. The third kappa shape index (κ3) is 3.54. The number of pyridine rings is 1. The lowest BCUT2D eigenvalue weighted by molar-refractivity contribution is 0.294. The first kappa shape index (κ1) is 16.0. The van der Waals surface area contributed by atoms with E-state index >= 15 is 0 Å². The number of hydrogen-bond donors (Lipinski definition) is 1. The highest BCUT2D eigenvalue weighted by Gasteiger charge is 2.14. The Kier molecular flexibility index (Phi) is 4.63. The van der Waals surface area contributed by atoms with Crippen LogP contribution in [0.25, 0.3) is 11.3 Å². The van der Waals surface area contributed by atoms with Gasteiger partial charge in [-0.3, -0.25) is 5.21 Å². The van der Waals surface area contributed by atoms with E-state index in [1.807, 2.05) is 0 Å². The molecule has 0 amide bonds. The zero-order valence-electron chi connectivity index (χ0n) is 11.5. The lowest BCUT2D eigenvalue weighted by atomic mass is 10.2. The summed E-state index contributed by atoms with van der Waals surface area (Å²) in [4.78, 5) is 12.3. The van der Waals surface area contributed by atoms with Crippen LogP contribution in [0.4, 0.5) is 11.6 Å². The molecule has 2 heterocycles. The summed E-state index contributed by atoms with van der Waals surface area (Å²) >= 11 is 17.9. The van der Waals surface area contributed by atoms with Gasteiger partial charge in [0.15, 0.2) is 0 Å².